The molecule has 1 nitrogen and oxygen atoms in total. The number of hydrogen-bond donors (Lipinski definition) is 1. The van der Waals surface area contributed by atoms with Crippen molar-refractivity contribution < 1.29 is 0 Å². The van der Waals surface area contributed by atoms with Crippen molar-refractivity contribution in [3.63, 3.8) is 0 Å². The minimum atomic E-state index is 0.294. The largest absolute Gasteiger partial charge is 0.307 e. The van der Waals surface area contributed by atoms with Crippen LogP contribution in [0.4, 0.5) is 0 Å². The second-order valence-electron chi connectivity index (χ2n) is 5.74. The number of rotatable bonds is 4. The van der Waals surface area contributed by atoms with E-state index in [0.29, 0.717) is 6.04 Å². The number of allylic oxidation sites excluding steroid dienone is 1. The minimum Gasteiger partial charge on any atom is -0.307 e. The van der Waals surface area contributed by atoms with Crippen molar-refractivity contribution in [3.8, 4) is 11.8 Å². The molecule has 118 valence electrons. The van der Waals surface area contributed by atoms with Crippen molar-refractivity contribution >= 4 is 10.8 Å². The maximum atomic E-state index is 3.54. The molecule has 0 fully saturated rings. The van der Waals surface area contributed by atoms with Gasteiger partial charge < -0.3 is 5.32 Å². The second kappa shape index (κ2) is 8.15. The van der Waals surface area contributed by atoms with Gasteiger partial charge in [0.2, 0.25) is 0 Å². The third-order valence-corrected chi connectivity index (χ3v) is 4.02. The van der Waals surface area contributed by atoms with Gasteiger partial charge in [0.15, 0.2) is 0 Å². The number of hydrogen-bond acceptors (Lipinski definition) is 1. The molecule has 1 atom stereocenters. The van der Waals surface area contributed by atoms with Crippen LogP contribution in [0, 0.1) is 11.8 Å². The van der Waals surface area contributed by atoms with E-state index in [9.17, 15) is 0 Å². The highest BCUT2D eigenvalue weighted by Gasteiger charge is 2.07. The Balaban J connectivity index is 1.58. The Morgan fingerprint density at radius 3 is 2.54 bits per heavy atom. The molecule has 0 aliphatic heterocycles. The van der Waals surface area contributed by atoms with Crippen molar-refractivity contribution in [2.45, 2.75) is 13.0 Å². The van der Waals surface area contributed by atoms with Gasteiger partial charge in [0.1, 0.15) is 0 Å². The highest BCUT2D eigenvalue weighted by Crippen LogP contribution is 2.23. The van der Waals surface area contributed by atoms with E-state index in [1.807, 2.05) is 36.4 Å². The van der Waals surface area contributed by atoms with Crippen molar-refractivity contribution in [1.29, 1.82) is 0 Å². The molecule has 0 spiro atoms. The van der Waals surface area contributed by atoms with Gasteiger partial charge in [-0.3, -0.25) is 0 Å². The van der Waals surface area contributed by atoms with Gasteiger partial charge in [-0.1, -0.05) is 78.6 Å². The molecule has 0 bridgehead atoms. The summed E-state index contributed by atoms with van der Waals surface area (Å²) in [5.41, 5.74) is 2.37. The summed E-state index contributed by atoms with van der Waals surface area (Å²) in [4.78, 5) is 0. The molecular weight excluding hydrogens is 290 g/mol. The second-order valence-corrected chi connectivity index (χ2v) is 5.74. The van der Waals surface area contributed by atoms with Crippen molar-refractivity contribution in [3.05, 3.63) is 96.1 Å². The number of fused-ring (bicyclic) bond motifs is 1. The SMILES string of the molecule is C[C@@H](NC/C=C/C#Cc1ccccc1)c1cccc2ccccc12. The van der Waals surface area contributed by atoms with Gasteiger partial charge in [-0.05, 0) is 41.5 Å². The Bertz CT molecular complexity index is 877. The molecule has 0 saturated heterocycles. The average molecular weight is 311 g/mol. The first-order valence-electron chi connectivity index (χ1n) is 8.27. The predicted octanol–water partition coefficient (Wildman–Crippen LogP) is 5.10. The summed E-state index contributed by atoms with van der Waals surface area (Å²) in [7, 11) is 0. The van der Waals surface area contributed by atoms with Gasteiger partial charge in [0.25, 0.3) is 0 Å². The molecule has 3 aromatic rings. The fourth-order valence-electron chi connectivity index (χ4n) is 2.75. The Hall–Kier alpha value is -2.82. The zero-order valence-corrected chi connectivity index (χ0v) is 13.9. The van der Waals surface area contributed by atoms with E-state index >= 15 is 0 Å². The molecule has 24 heavy (non-hydrogen) atoms. The fraction of sp³-hybridized carbons (Fsp3) is 0.130. The lowest BCUT2D eigenvalue weighted by molar-refractivity contribution is 0.621. The average Bonchev–Trinajstić information content (AvgIpc) is 2.64. The predicted molar refractivity (Wildman–Crippen MR) is 103 cm³/mol. The summed E-state index contributed by atoms with van der Waals surface area (Å²) in [5.74, 6) is 6.20. The van der Waals surface area contributed by atoms with Gasteiger partial charge >= 0.3 is 0 Å². The van der Waals surface area contributed by atoms with Crippen LogP contribution in [0.3, 0.4) is 0 Å². The summed E-state index contributed by atoms with van der Waals surface area (Å²) in [6, 6.07) is 25.3. The third-order valence-electron chi connectivity index (χ3n) is 4.02. The topological polar surface area (TPSA) is 12.0 Å². The van der Waals surface area contributed by atoms with E-state index in [1.165, 1.54) is 16.3 Å². The zero-order valence-electron chi connectivity index (χ0n) is 13.9. The summed E-state index contributed by atoms with van der Waals surface area (Å²) in [6.07, 6.45) is 3.98. The molecule has 0 amide bonds. The molecule has 1 N–H and O–H groups in total. The van der Waals surface area contributed by atoms with Gasteiger partial charge in [0.05, 0.1) is 0 Å². The van der Waals surface area contributed by atoms with Crippen LogP contribution in [0.15, 0.2) is 84.9 Å². The molecule has 0 unspecified atom stereocenters. The lowest BCUT2D eigenvalue weighted by atomic mass is 10.00. The summed E-state index contributed by atoms with van der Waals surface area (Å²) >= 11 is 0. The molecule has 0 heterocycles. The van der Waals surface area contributed by atoms with Crippen LogP contribution in [-0.2, 0) is 0 Å². The molecule has 1 heteroatoms. The van der Waals surface area contributed by atoms with Gasteiger partial charge in [-0.25, -0.2) is 0 Å². The monoisotopic (exact) mass is 311 g/mol. The van der Waals surface area contributed by atoms with Gasteiger partial charge in [-0.15, -0.1) is 0 Å². The van der Waals surface area contributed by atoms with Crippen LogP contribution in [0.25, 0.3) is 10.8 Å². The minimum absolute atomic E-state index is 0.294. The summed E-state index contributed by atoms with van der Waals surface area (Å²) < 4.78 is 0. The van der Waals surface area contributed by atoms with E-state index in [1.54, 1.807) is 0 Å². The molecule has 0 aliphatic rings. The smallest absolute Gasteiger partial charge is 0.0300 e. The van der Waals surface area contributed by atoms with E-state index in [-0.39, 0.29) is 0 Å². The molecule has 0 aliphatic carbocycles. The first kappa shape index (κ1) is 16.1. The van der Waals surface area contributed by atoms with Gasteiger partial charge in [0, 0.05) is 18.2 Å². The molecule has 3 aromatic carbocycles. The molecule has 0 radical (unpaired) electrons. The number of benzene rings is 3. The normalized spacial score (nSPS) is 12.0. The van der Waals surface area contributed by atoms with E-state index in [4.69, 9.17) is 0 Å². The Labute approximate surface area is 144 Å². The highest BCUT2D eigenvalue weighted by atomic mass is 14.9. The first-order chi connectivity index (χ1) is 11.8. The molecular formula is C23H21N. The Morgan fingerprint density at radius 2 is 1.67 bits per heavy atom. The molecule has 0 saturated carbocycles. The zero-order chi connectivity index (χ0) is 16.6. The summed E-state index contributed by atoms with van der Waals surface area (Å²) in [5, 5.41) is 6.13. The van der Waals surface area contributed by atoms with Crippen LogP contribution in [0.1, 0.15) is 24.1 Å². The first-order valence-corrected chi connectivity index (χ1v) is 8.27. The third kappa shape index (κ3) is 4.13. The van der Waals surface area contributed by atoms with E-state index < -0.39 is 0 Å². The number of nitrogens with one attached hydrogen (secondary N) is 1. The van der Waals surface area contributed by atoms with Crippen molar-refractivity contribution in [1.82, 2.24) is 5.32 Å². The fourth-order valence-corrected chi connectivity index (χ4v) is 2.75. The molecule has 3 rings (SSSR count). The van der Waals surface area contributed by atoms with E-state index in [0.717, 1.165) is 12.1 Å². The Kier molecular flexibility index (Phi) is 5.45. The van der Waals surface area contributed by atoms with Crippen LogP contribution < -0.4 is 5.32 Å². The highest BCUT2D eigenvalue weighted by molar-refractivity contribution is 5.86. The quantitative estimate of drug-likeness (QED) is 0.661. The van der Waals surface area contributed by atoms with Crippen LogP contribution in [0.2, 0.25) is 0 Å². The van der Waals surface area contributed by atoms with Crippen molar-refractivity contribution in [2.24, 2.45) is 0 Å². The van der Waals surface area contributed by atoms with Crippen LogP contribution in [-0.4, -0.2) is 6.54 Å². The van der Waals surface area contributed by atoms with Gasteiger partial charge in [-0.2, -0.15) is 0 Å². The lowest BCUT2D eigenvalue weighted by Gasteiger charge is -2.15. The summed E-state index contributed by atoms with van der Waals surface area (Å²) in [6.45, 7) is 3.00. The van der Waals surface area contributed by atoms with Crippen molar-refractivity contribution in [2.75, 3.05) is 6.54 Å². The Morgan fingerprint density at radius 1 is 0.917 bits per heavy atom. The van der Waals surface area contributed by atoms with E-state index in [2.05, 4.69) is 72.6 Å². The van der Waals surface area contributed by atoms with Crippen LogP contribution >= 0.6 is 0 Å². The maximum Gasteiger partial charge on any atom is 0.0300 e. The molecule has 0 aromatic heterocycles. The lowest BCUT2D eigenvalue weighted by Crippen LogP contribution is -2.18. The van der Waals surface area contributed by atoms with Crippen LogP contribution in [0.5, 0.6) is 0 Å². The maximum absolute atomic E-state index is 3.54. The standard InChI is InChI=1S/C23H21N/c1-19(22-17-10-15-21-14-7-8-16-23(21)22)24-18-9-3-6-13-20-11-4-2-5-12-20/h2-5,7-12,14-17,19,24H,18H2,1H3/b9-3+/t19-/m1/s1.